The minimum absolute atomic E-state index is 0.111. The molecule has 0 unspecified atom stereocenters. The molecule has 0 radical (unpaired) electrons. The molecule has 3 aromatic rings. The van der Waals surface area contributed by atoms with Crippen LogP contribution in [-0.2, 0) is 20.6 Å². The van der Waals surface area contributed by atoms with E-state index in [0.717, 1.165) is 15.6 Å². The molecule has 0 aromatic heterocycles. The lowest BCUT2D eigenvalue weighted by atomic mass is 10.2. The van der Waals surface area contributed by atoms with Crippen LogP contribution in [0.5, 0.6) is 0 Å². The zero-order valence-corrected chi connectivity index (χ0v) is 20.2. The molecule has 0 heterocycles. The Bertz CT molecular complexity index is 1140. The molecule has 0 aliphatic carbocycles. The largest absolute Gasteiger partial charge is 0.354 e. The molecule has 3 rings (SSSR count). The van der Waals surface area contributed by atoms with E-state index in [-0.39, 0.29) is 17.3 Å². The maximum Gasteiger partial charge on any atom is 0.264 e. The number of anilines is 1. The highest BCUT2D eigenvalue weighted by Crippen LogP contribution is 2.25. The predicted octanol–water partition coefficient (Wildman–Crippen LogP) is 5.24. The molecule has 0 aliphatic heterocycles. The van der Waals surface area contributed by atoms with E-state index in [1.165, 1.54) is 12.1 Å². The van der Waals surface area contributed by atoms with Crippen LogP contribution in [0.15, 0.2) is 83.8 Å². The second-order valence-electron chi connectivity index (χ2n) is 6.83. The van der Waals surface area contributed by atoms with Gasteiger partial charge in [-0.15, -0.1) is 0 Å². The van der Waals surface area contributed by atoms with Crippen molar-refractivity contribution in [2.45, 2.75) is 10.6 Å². The van der Waals surface area contributed by atoms with Crippen LogP contribution in [0.25, 0.3) is 0 Å². The third-order valence-electron chi connectivity index (χ3n) is 4.46. The van der Waals surface area contributed by atoms with Crippen molar-refractivity contribution in [1.82, 2.24) is 5.32 Å². The zero-order chi connectivity index (χ0) is 23.0. The molecule has 5 nitrogen and oxygen atoms in total. The van der Waals surface area contributed by atoms with E-state index in [1.54, 1.807) is 54.2 Å². The fraction of sp³-hybridized carbons (Fsp3) is 0.174. The molecule has 168 valence electrons. The predicted molar refractivity (Wildman–Crippen MR) is 133 cm³/mol. The smallest absolute Gasteiger partial charge is 0.264 e. The number of carbonyl (C=O) groups excluding carboxylic acids is 1. The fourth-order valence-electron chi connectivity index (χ4n) is 2.91. The molecule has 0 atom stereocenters. The summed E-state index contributed by atoms with van der Waals surface area (Å²) in [5.41, 5.74) is 1.47. The standard InChI is InChI=1S/C23H22Cl2N2O3S2/c24-19-9-11-21(12-10-19)27(32(29,30)22-7-2-1-3-8-22)16-23(28)26-13-14-31-17-18-5-4-6-20(25)15-18/h1-12,15H,13-14,16-17H2,(H,26,28). The Morgan fingerprint density at radius 1 is 0.906 bits per heavy atom. The lowest BCUT2D eigenvalue weighted by Gasteiger charge is -2.24. The van der Waals surface area contributed by atoms with Crippen molar-refractivity contribution in [1.29, 1.82) is 0 Å². The van der Waals surface area contributed by atoms with Crippen LogP contribution >= 0.6 is 35.0 Å². The number of hydrogen-bond donors (Lipinski definition) is 1. The van der Waals surface area contributed by atoms with Gasteiger partial charge in [0.25, 0.3) is 10.0 Å². The summed E-state index contributed by atoms with van der Waals surface area (Å²) < 4.78 is 27.5. The molecule has 1 N–H and O–H groups in total. The molecule has 0 saturated carbocycles. The molecule has 0 saturated heterocycles. The summed E-state index contributed by atoms with van der Waals surface area (Å²) in [6, 6.07) is 22.0. The van der Waals surface area contributed by atoms with Gasteiger partial charge in [-0.1, -0.05) is 53.5 Å². The van der Waals surface area contributed by atoms with Crippen molar-refractivity contribution in [2.24, 2.45) is 0 Å². The van der Waals surface area contributed by atoms with Crippen LogP contribution < -0.4 is 9.62 Å². The Kier molecular flexibility index (Phi) is 8.87. The number of halogens is 2. The van der Waals surface area contributed by atoms with E-state index < -0.39 is 10.0 Å². The topological polar surface area (TPSA) is 66.5 Å². The average Bonchev–Trinajstić information content (AvgIpc) is 2.78. The Hall–Kier alpha value is -2.19. The summed E-state index contributed by atoms with van der Waals surface area (Å²) in [7, 11) is -3.93. The minimum atomic E-state index is -3.93. The molecule has 0 spiro atoms. The quantitative estimate of drug-likeness (QED) is 0.380. The van der Waals surface area contributed by atoms with Crippen molar-refractivity contribution in [3.63, 3.8) is 0 Å². The van der Waals surface area contributed by atoms with E-state index in [9.17, 15) is 13.2 Å². The Balaban J connectivity index is 1.61. The first kappa shape index (κ1) is 24.5. The lowest BCUT2D eigenvalue weighted by Crippen LogP contribution is -2.41. The maximum atomic E-state index is 13.2. The number of nitrogens with zero attached hydrogens (tertiary/aromatic N) is 1. The van der Waals surface area contributed by atoms with Crippen LogP contribution in [0.2, 0.25) is 10.0 Å². The molecule has 1 amide bonds. The van der Waals surface area contributed by atoms with E-state index in [0.29, 0.717) is 28.0 Å². The van der Waals surface area contributed by atoms with Gasteiger partial charge in [-0.25, -0.2) is 8.42 Å². The first-order chi connectivity index (χ1) is 15.4. The number of rotatable bonds is 10. The van der Waals surface area contributed by atoms with Gasteiger partial charge in [0.15, 0.2) is 0 Å². The lowest BCUT2D eigenvalue weighted by molar-refractivity contribution is -0.119. The first-order valence-corrected chi connectivity index (χ1v) is 13.1. The summed E-state index contributed by atoms with van der Waals surface area (Å²) in [4.78, 5) is 12.7. The number of carbonyl (C=O) groups is 1. The van der Waals surface area contributed by atoms with E-state index in [4.69, 9.17) is 23.2 Å². The highest BCUT2D eigenvalue weighted by molar-refractivity contribution is 7.98. The van der Waals surface area contributed by atoms with Crippen molar-refractivity contribution in [3.8, 4) is 0 Å². The van der Waals surface area contributed by atoms with Gasteiger partial charge in [-0.3, -0.25) is 9.10 Å². The van der Waals surface area contributed by atoms with Crippen molar-refractivity contribution >= 4 is 56.6 Å². The Morgan fingerprint density at radius 2 is 1.62 bits per heavy atom. The summed E-state index contributed by atoms with van der Waals surface area (Å²) >= 11 is 13.6. The maximum absolute atomic E-state index is 13.2. The van der Waals surface area contributed by atoms with Crippen LogP contribution in [0.1, 0.15) is 5.56 Å². The first-order valence-electron chi connectivity index (χ1n) is 9.78. The normalized spacial score (nSPS) is 11.2. The van der Waals surface area contributed by atoms with Gasteiger partial charge < -0.3 is 5.32 Å². The average molecular weight is 509 g/mol. The monoisotopic (exact) mass is 508 g/mol. The van der Waals surface area contributed by atoms with E-state index in [2.05, 4.69) is 5.32 Å². The summed E-state index contributed by atoms with van der Waals surface area (Å²) in [6.45, 7) is 0.0850. The van der Waals surface area contributed by atoms with E-state index in [1.807, 2.05) is 24.3 Å². The number of sulfonamides is 1. The Morgan fingerprint density at radius 3 is 2.31 bits per heavy atom. The molecule has 3 aromatic carbocycles. The molecular formula is C23H22Cl2N2O3S2. The summed E-state index contributed by atoms with van der Waals surface area (Å²) in [5.74, 6) is 1.07. The summed E-state index contributed by atoms with van der Waals surface area (Å²) in [5, 5.41) is 3.97. The number of amides is 1. The van der Waals surface area contributed by atoms with Crippen LogP contribution in [0.3, 0.4) is 0 Å². The molecule has 9 heteroatoms. The van der Waals surface area contributed by atoms with Gasteiger partial charge in [0.2, 0.25) is 5.91 Å². The second-order valence-corrected chi connectivity index (χ2v) is 10.7. The molecule has 0 aliphatic rings. The number of benzene rings is 3. The van der Waals surface area contributed by atoms with Gasteiger partial charge in [-0.2, -0.15) is 11.8 Å². The third-order valence-corrected chi connectivity index (χ3v) is 7.76. The van der Waals surface area contributed by atoms with Gasteiger partial charge in [0.05, 0.1) is 10.6 Å². The van der Waals surface area contributed by atoms with Crippen LogP contribution in [0, 0.1) is 0 Å². The zero-order valence-electron chi connectivity index (χ0n) is 17.1. The van der Waals surface area contributed by atoms with Crippen LogP contribution in [-0.4, -0.2) is 33.2 Å². The number of thioether (sulfide) groups is 1. The number of hydrogen-bond acceptors (Lipinski definition) is 4. The molecule has 32 heavy (non-hydrogen) atoms. The Labute approximate surface area is 202 Å². The molecule has 0 fully saturated rings. The third kappa shape index (κ3) is 6.90. The van der Waals surface area contributed by atoms with Gasteiger partial charge in [-0.05, 0) is 54.1 Å². The van der Waals surface area contributed by atoms with Crippen molar-refractivity contribution < 1.29 is 13.2 Å². The van der Waals surface area contributed by atoms with Crippen LogP contribution in [0.4, 0.5) is 5.69 Å². The summed E-state index contributed by atoms with van der Waals surface area (Å²) in [6.07, 6.45) is 0. The van der Waals surface area contributed by atoms with Gasteiger partial charge in [0, 0.05) is 28.1 Å². The van der Waals surface area contributed by atoms with Gasteiger partial charge >= 0.3 is 0 Å². The van der Waals surface area contributed by atoms with Gasteiger partial charge in [0.1, 0.15) is 6.54 Å². The SMILES string of the molecule is O=C(CN(c1ccc(Cl)cc1)S(=O)(=O)c1ccccc1)NCCSCc1cccc(Cl)c1. The van der Waals surface area contributed by atoms with E-state index >= 15 is 0 Å². The second kappa shape index (κ2) is 11.6. The fourth-order valence-corrected chi connectivity index (χ4v) is 5.49. The highest BCUT2D eigenvalue weighted by Gasteiger charge is 2.26. The highest BCUT2D eigenvalue weighted by atomic mass is 35.5. The molecular weight excluding hydrogens is 487 g/mol. The minimum Gasteiger partial charge on any atom is -0.354 e. The van der Waals surface area contributed by atoms with Crippen molar-refractivity contribution in [3.05, 3.63) is 94.5 Å². The number of nitrogens with one attached hydrogen (secondary N) is 1. The molecule has 0 bridgehead atoms. The van der Waals surface area contributed by atoms with Crippen molar-refractivity contribution in [2.75, 3.05) is 23.1 Å².